The van der Waals surface area contributed by atoms with Gasteiger partial charge in [-0.15, -0.1) is 0 Å². The highest BCUT2D eigenvalue weighted by Gasteiger charge is 2.24. The van der Waals surface area contributed by atoms with E-state index in [4.69, 9.17) is 11.6 Å². The Kier molecular flexibility index (Phi) is 5.44. The van der Waals surface area contributed by atoms with Crippen LogP contribution in [0, 0.1) is 6.92 Å². The SMILES string of the molecule is Cc1c(Cl)cccc1N=C1NC(=O)/C(=C\c2cccn2-c2cccc(Br)c2)S1. The van der Waals surface area contributed by atoms with E-state index in [2.05, 4.69) is 26.2 Å². The van der Waals surface area contributed by atoms with Crippen LogP contribution in [0.5, 0.6) is 0 Å². The molecule has 1 aliphatic heterocycles. The van der Waals surface area contributed by atoms with Gasteiger partial charge >= 0.3 is 0 Å². The van der Waals surface area contributed by atoms with Crippen LogP contribution in [0.2, 0.25) is 5.02 Å². The van der Waals surface area contributed by atoms with Crippen molar-refractivity contribution in [2.24, 2.45) is 4.99 Å². The van der Waals surface area contributed by atoms with E-state index in [0.29, 0.717) is 15.1 Å². The number of hydrogen-bond acceptors (Lipinski definition) is 3. The second-order valence-corrected chi connectivity index (χ2v) is 8.50. The van der Waals surface area contributed by atoms with Gasteiger partial charge in [0.05, 0.1) is 10.6 Å². The normalized spacial score (nSPS) is 16.8. The van der Waals surface area contributed by atoms with Crippen molar-refractivity contribution in [3.63, 3.8) is 0 Å². The van der Waals surface area contributed by atoms with E-state index in [1.54, 1.807) is 0 Å². The molecule has 3 aromatic rings. The van der Waals surface area contributed by atoms with Crippen LogP contribution in [-0.2, 0) is 4.79 Å². The number of carbonyl (C=O) groups excluding carboxylic acids is 1. The summed E-state index contributed by atoms with van der Waals surface area (Å²) in [5.74, 6) is -0.162. The molecule has 0 bridgehead atoms. The summed E-state index contributed by atoms with van der Waals surface area (Å²) in [6.07, 6.45) is 3.84. The topological polar surface area (TPSA) is 46.4 Å². The predicted octanol–water partition coefficient (Wildman–Crippen LogP) is 6.09. The standard InChI is InChI=1S/C21H15BrClN3OS/c1-13-17(23)8-3-9-18(13)24-21-25-20(27)19(28-21)12-16-7-4-10-26(16)15-6-2-5-14(22)11-15/h2-12H,1H3,(H,24,25,27)/b19-12+. The van der Waals surface area contributed by atoms with E-state index in [0.717, 1.165) is 27.1 Å². The van der Waals surface area contributed by atoms with Crippen molar-refractivity contribution in [3.8, 4) is 5.69 Å². The number of benzene rings is 2. The second-order valence-electron chi connectivity index (χ2n) is 6.15. The molecule has 1 saturated heterocycles. The molecule has 0 unspecified atom stereocenters. The van der Waals surface area contributed by atoms with Crippen molar-refractivity contribution in [3.05, 3.63) is 86.5 Å². The molecule has 0 saturated carbocycles. The summed E-state index contributed by atoms with van der Waals surface area (Å²) >= 11 is 11.0. The number of halogens is 2. The van der Waals surface area contributed by atoms with Crippen LogP contribution < -0.4 is 5.32 Å². The van der Waals surface area contributed by atoms with E-state index >= 15 is 0 Å². The molecule has 28 heavy (non-hydrogen) atoms. The maximum absolute atomic E-state index is 12.4. The van der Waals surface area contributed by atoms with Gasteiger partial charge in [0.25, 0.3) is 5.91 Å². The van der Waals surface area contributed by atoms with Crippen molar-refractivity contribution < 1.29 is 4.79 Å². The van der Waals surface area contributed by atoms with Gasteiger partial charge in [-0.05, 0) is 72.8 Å². The highest BCUT2D eigenvalue weighted by Crippen LogP contribution is 2.31. The maximum atomic E-state index is 12.4. The van der Waals surface area contributed by atoms with Crippen molar-refractivity contribution in [1.82, 2.24) is 9.88 Å². The Hall–Kier alpha value is -2.28. The lowest BCUT2D eigenvalue weighted by Gasteiger charge is -2.07. The molecule has 4 nitrogen and oxygen atoms in total. The van der Waals surface area contributed by atoms with Crippen LogP contribution in [0.3, 0.4) is 0 Å². The minimum absolute atomic E-state index is 0.162. The average molecular weight is 473 g/mol. The number of nitrogens with one attached hydrogen (secondary N) is 1. The van der Waals surface area contributed by atoms with Gasteiger partial charge in [0.2, 0.25) is 0 Å². The molecule has 1 aliphatic rings. The summed E-state index contributed by atoms with van der Waals surface area (Å²) in [4.78, 5) is 17.6. The number of nitrogens with zero attached hydrogens (tertiary/aromatic N) is 2. The highest BCUT2D eigenvalue weighted by molar-refractivity contribution is 9.10. The summed E-state index contributed by atoms with van der Waals surface area (Å²) in [7, 11) is 0. The summed E-state index contributed by atoms with van der Waals surface area (Å²) in [6.45, 7) is 1.91. The Morgan fingerprint density at radius 3 is 2.82 bits per heavy atom. The number of aliphatic imine (C=N–C) groups is 1. The summed E-state index contributed by atoms with van der Waals surface area (Å²) < 4.78 is 3.03. The smallest absolute Gasteiger partial charge is 0.264 e. The lowest BCUT2D eigenvalue weighted by molar-refractivity contribution is -0.115. The number of carbonyl (C=O) groups is 1. The predicted molar refractivity (Wildman–Crippen MR) is 120 cm³/mol. The fraction of sp³-hybridized carbons (Fsp3) is 0.0476. The van der Waals surface area contributed by atoms with E-state index in [1.807, 2.05) is 78.4 Å². The third-order valence-electron chi connectivity index (χ3n) is 4.26. The second kappa shape index (κ2) is 7.99. The van der Waals surface area contributed by atoms with Crippen LogP contribution in [0.4, 0.5) is 5.69 Å². The number of amidine groups is 1. The van der Waals surface area contributed by atoms with Gasteiger partial charge in [-0.25, -0.2) is 4.99 Å². The molecule has 1 aromatic heterocycles. The molecule has 0 spiro atoms. The van der Waals surface area contributed by atoms with Crippen molar-refractivity contribution in [1.29, 1.82) is 0 Å². The monoisotopic (exact) mass is 471 g/mol. The zero-order valence-electron chi connectivity index (χ0n) is 14.8. The molecule has 1 amide bonds. The number of hydrogen-bond donors (Lipinski definition) is 1. The molecule has 140 valence electrons. The Morgan fingerprint density at radius 2 is 2.00 bits per heavy atom. The van der Waals surface area contributed by atoms with E-state index in [9.17, 15) is 4.79 Å². The first-order valence-corrected chi connectivity index (χ1v) is 10.5. The van der Waals surface area contributed by atoms with E-state index < -0.39 is 0 Å². The number of thioether (sulfide) groups is 1. The molecule has 4 rings (SSSR count). The number of aromatic nitrogens is 1. The third kappa shape index (κ3) is 3.94. The minimum Gasteiger partial charge on any atom is -0.317 e. The lowest BCUT2D eigenvalue weighted by atomic mass is 10.2. The van der Waals surface area contributed by atoms with Gasteiger partial charge in [0, 0.05) is 27.1 Å². The van der Waals surface area contributed by atoms with Crippen LogP contribution >= 0.6 is 39.3 Å². The molecule has 1 N–H and O–H groups in total. The van der Waals surface area contributed by atoms with Crippen LogP contribution in [0.15, 0.2) is 75.2 Å². The van der Waals surface area contributed by atoms with Gasteiger partial charge in [0.1, 0.15) is 0 Å². The highest BCUT2D eigenvalue weighted by atomic mass is 79.9. The third-order valence-corrected chi connectivity index (χ3v) is 6.07. The van der Waals surface area contributed by atoms with E-state index in [1.165, 1.54) is 11.8 Å². The van der Waals surface area contributed by atoms with Gasteiger partial charge in [-0.3, -0.25) is 4.79 Å². The first kappa shape index (κ1) is 19.1. The van der Waals surface area contributed by atoms with Gasteiger partial charge in [-0.1, -0.05) is 39.7 Å². The molecule has 0 atom stereocenters. The van der Waals surface area contributed by atoms with Crippen molar-refractivity contribution in [2.45, 2.75) is 6.92 Å². The zero-order valence-corrected chi connectivity index (χ0v) is 18.0. The number of amides is 1. The lowest BCUT2D eigenvalue weighted by Crippen LogP contribution is -2.19. The summed E-state index contributed by atoms with van der Waals surface area (Å²) in [5, 5.41) is 4.02. The zero-order chi connectivity index (χ0) is 19.7. The molecule has 7 heteroatoms. The molecule has 0 aliphatic carbocycles. The van der Waals surface area contributed by atoms with Crippen molar-refractivity contribution in [2.75, 3.05) is 0 Å². The molecule has 2 aromatic carbocycles. The molecular weight excluding hydrogens is 458 g/mol. The van der Waals surface area contributed by atoms with Gasteiger partial charge in [0.15, 0.2) is 5.17 Å². The van der Waals surface area contributed by atoms with Crippen LogP contribution in [-0.4, -0.2) is 15.6 Å². The van der Waals surface area contributed by atoms with Crippen LogP contribution in [0.25, 0.3) is 11.8 Å². The Morgan fingerprint density at radius 1 is 1.18 bits per heavy atom. The molecule has 2 heterocycles. The number of rotatable bonds is 3. The van der Waals surface area contributed by atoms with Crippen LogP contribution in [0.1, 0.15) is 11.3 Å². The summed E-state index contributed by atoms with van der Waals surface area (Å²) in [5.41, 5.74) is 3.55. The van der Waals surface area contributed by atoms with E-state index in [-0.39, 0.29) is 5.91 Å². The Bertz CT molecular complexity index is 1140. The Balaban J connectivity index is 1.64. The van der Waals surface area contributed by atoms with Crippen molar-refractivity contribution >= 4 is 62.1 Å². The Labute approximate surface area is 180 Å². The minimum atomic E-state index is -0.162. The van der Waals surface area contributed by atoms with Gasteiger partial charge < -0.3 is 9.88 Å². The molecule has 0 radical (unpaired) electrons. The average Bonchev–Trinajstić information content (AvgIpc) is 3.26. The first-order valence-electron chi connectivity index (χ1n) is 8.49. The molecular formula is C21H15BrClN3OS. The fourth-order valence-corrected chi connectivity index (χ4v) is 4.19. The first-order chi connectivity index (χ1) is 13.5. The largest absolute Gasteiger partial charge is 0.317 e. The summed E-state index contributed by atoms with van der Waals surface area (Å²) in [6, 6.07) is 17.5. The quantitative estimate of drug-likeness (QED) is 0.469. The van der Waals surface area contributed by atoms with Gasteiger partial charge in [-0.2, -0.15) is 0 Å². The molecule has 1 fully saturated rings. The maximum Gasteiger partial charge on any atom is 0.264 e. The fourth-order valence-electron chi connectivity index (χ4n) is 2.81.